The van der Waals surface area contributed by atoms with Gasteiger partial charge in [0.25, 0.3) is 0 Å². The molecule has 0 aliphatic carbocycles. The van der Waals surface area contributed by atoms with Crippen molar-refractivity contribution < 1.29 is 0 Å². The molecule has 1 aliphatic heterocycles. The van der Waals surface area contributed by atoms with Crippen molar-refractivity contribution in [3.63, 3.8) is 0 Å². The fraction of sp³-hybridized carbons (Fsp3) is 1.00. The summed E-state index contributed by atoms with van der Waals surface area (Å²) in [7, 11) is 3.75. The second kappa shape index (κ2) is 13.9. The Kier molecular flexibility index (Phi) is 16.1. The Labute approximate surface area is 97.4 Å². The van der Waals surface area contributed by atoms with Crippen LogP contribution in [0.15, 0.2) is 0 Å². The van der Waals surface area contributed by atoms with Crippen molar-refractivity contribution in [2.24, 2.45) is 0 Å². The second-order valence-electron chi connectivity index (χ2n) is 3.88. The molecule has 15 heavy (non-hydrogen) atoms. The summed E-state index contributed by atoms with van der Waals surface area (Å²) in [4.78, 5) is 2.61. The van der Waals surface area contributed by atoms with Gasteiger partial charge in [0, 0.05) is 6.04 Å². The smallest absolute Gasteiger partial charge is 0.00669 e. The first-order valence-corrected chi connectivity index (χ1v) is 6.58. The van der Waals surface area contributed by atoms with E-state index in [1.165, 1.54) is 38.8 Å². The second-order valence-corrected chi connectivity index (χ2v) is 3.88. The zero-order valence-electron chi connectivity index (χ0n) is 11.8. The fourth-order valence-corrected chi connectivity index (χ4v) is 1.78. The Morgan fingerprint density at radius 1 is 1.20 bits per heavy atom. The average Bonchev–Trinajstić information content (AvgIpc) is 2.26. The topological polar surface area (TPSA) is 15.3 Å². The Bertz CT molecular complexity index is 103. The standard InChI is InChI=1S/C9H19N.C2H7N.C2H6/c1-3-7-10-8-5-4-6-9(10)2;1-3-2;1-2/h9H,3-8H2,1-2H3;3H,1-2H3;1-2H3. The molecule has 1 saturated heterocycles. The first kappa shape index (κ1) is 17.3. The summed E-state index contributed by atoms with van der Waals surface area (Å²) in [6.07, 6.45) is 5.59. The van der Waals surface area contributed by atoms with Gasteiger partial charge in [0.2, 0.25) is 0 Å². The highest BCUT2D eigenvalue weighted by molar-refractivity contribution is 4.71. The molecule has 94 valence electrons. The minimum Gasteiger partial charge on any atom is -0.323 e. The number of hydrogen-bond donors (Lipinski definition) is 1. The van der Waals surface area contributed by atoms with E-state index in [-0.39, 0.29) is 0 Å². The van der Waals surface area contributed by atoms with Crippen LogP contribution in [0, 0.1) is 0 Å². The van der Waals surface area contributed by atoms with Gasteiger partial charge in [-0.1, -0.05) is 27.2 Å². The molecule has 1 heterocycles. The Morgan fingerprint density at radius 3 is 2.13 bits per heavy atom. The van der Waals surface area contributed by atoms with Gasteiger partial charge in [0.15, 0.2) is 0 Å². The highest BCUT2D eigenvalue weighted by Crippen LogP contribution is 2.15. The van der Waals surface area contributed by atoms with Gasteiger partial charge in [-0.25, -0.2) is 0 Å². The lowest BCUT2D eigenvalue weighted by molar-refractivity contribution is 0.161. The maximum absolute atomic E-state index is 2.75. The predicted molar refractivity (Wildman–Crippen MR) is 71.5 cm³/mol. The Balaban J connectivity index is 0. The molecule has 1 unspecified atom stereocenters. The van der Waals surface area contributed by atoms with Crippen molar-refractivity contribution in [3.05, 3.63) is 0 Å². The fourth-order valence-electron chi connectivity index (χ4n) is 1.78. The third-order valence-electron chi connectivity index (χ3n) is 2.45. The molecule has 1 atom stereocenters. The van der Waals surface area contributed by atoms with E-state index in [0.717, 1.165) is 6.04 Å². The largest absolute Gasteiger partial charge is 0.323 e. The van der Waals surface area contributed by atoms with Gasteiger partial charge >= 0.3 is 0 Å². The van der Waals surface area contributed by atoms with Crippen molar-refractivity contribution in [1.29, 1.82) is 0 Å². The molecule has 1 aliphatic rings. The molecule has 0 radical (unpaired) electrons. The summed E-state index contributed by atoms with van der Waals surface area (Å²) < 4.78 is 0. The summed E-state index contributed by atoms with van der Waals surface area (Å²) in [6, 6.07) is 0.855. The lowest BCUT2D eigenvalue weighted by atomic mass is 10.0. The molecule has 2 heteroatoms. The normalized spacial score (nSPS) is 20.8. The summed E-state index contributed by atoms with van der Waals surface area (Å²) in [6.45, 7) is 11.3. The molecule has 0 amide bonds. The first-order valence-electron chi connectivity index (χ1n) is 6.58. The number of nitrogens with one attached hydrogen (secondary N) is 1. The number of hydrogen-bond acceptors (Lipinski definition) is 2. The monoisotopic (exact) mass is 216 g/mol. The van der Waals surface area contributed by atoms with Crippen molar-refractivity contribution >= 4 is 0 Å². The average molecular weight is 216 g/mol. The van der Waals surface area contributed by atoms with Crippen LogP contribution in [0.3, 0.4) is 0 Å². The van der Waals surface area contributed by atoms with Crippen molar-refractivity contribution in [2.45, 2.75) is 59.4 Å². The molecule has 0 aromatic heterocycles. The first-order chi connectivity index (χ1) is 7.26. The number of rotatable bonds is 2. The van der Waals surface area contributed by atoms with Crippen LogP contribution in [0.1, 0.15) is 53.4 Å². The van der Waals surface area contributed by atoms with Gasteiger partial charge in [-0.2, -0.15) is 0 Å². The van der Waals surface area contributed by atoms with Gasteiger partial charge in [-0.05, 0) is 53.4 Å². The number of likely N-dealkylation sites (tertiary alicyclic amines) is 1. The van der Waals surface area contributed by atoms with Gasteiger partial charge in [0.1, 0.15) is 0 Å². The van der Waals surface area contributed by atoms with Crippen LogP contribution in [0.25, 0.3) is 0 Å². The van der Waals surface area contributed by atoms with Crippen LogP contribution < -0.4 is 5.32 Å². The van der Waals surface area contributed by atoms with Crippen LogP contribution in [-0.2, 0) is 0 Å². The van der Waals surface area contributed by atoms with Crippen LogP contribution in [0.5, 0.6) is 0 Å². The molecule has 0 aromatic carbocycles. The van der Waals surface area contributed by atoms with Gasteiger partial charge < -0.3 is 10.2 Å². The maximum atomic E-state index is 2.75. The Hall–Kier alpha value is -0.0800. The predicted octanol–water partition coefficient (Wildman–Crippen LogP) is 3.13. The minimum atomic E-state index is 0.855. The summed E-state index contributed by atoms with van der Waals surface area (Å²) in [5.41, 5.74) is 0. The summed E-state index contributed by atoms with van der Waals surface area (Å²) in [5, 5.41) is 2.75. The third-order valence-corrected chi connectivity index (χ3v) is 2.45. The van der Waals surface area contributed by atoms with Crippen LogP contribution in [0.2, 0.25) is 0 Å². The van der Waals surface area contributed by atoms with Gasteiger partial charge in [0.05, 0.1) is 0 Å². The highest BCUT2D eigenvalue weighted by Gasteiger charge is 2.16. The zero-order valence-corrected chi connectivity index (χ0v) is 11.8. The molecule has 0 aromatic rings. The van der Waals surface area contributed by atoms with Gasteiger partial charge in [-0.15, -0.1) is 0 Å². The van der Waals surface area contributed by atoms with Gasteiger partial charge in [-0.3, -0.25) is 0 Å². The van der Waals surface area contributed by atoms with E-state index < -0.39 is 0 Å². The molecule has 2 nitrogen and oxygen atoms in total. The van der Waals surface area contributed by atoms with E-state index in [1.807, 2.05) is 27.9 Å². The van der Waals surface area contributed by atoms with E-state index in [9.17, 15) is 0 Å². The lowest BCUT2D eigenvalue weighted by Gasteiger charge is -2.32. The molecule has 0 saturated carbocycles. The molecular weight excluding hydrogens is 184 g/mol. The minimum absolute atomic E-state index is 0.855. The van der Waals surface area contributed by atoms with E-state index in [1.54, 1.807) is 0 Å². The molecule has 0 bridgehead atoms. The molecular formula is C13H32N2. The van der Waals surface area contributed by atoms with Crippen LogP contribution >= 0.6 is 0 Å². The molecule has 1 rings (SSSR count). The van der Waals surface area contributed by atoms with E-state index in [4.69, 9.17) is 0 Å². The molecule has 0 spiro atoms. The number of nitrogens with zero attached hydrogens (tertiary/aromatic N) is 1. The van der Waals surface area contributed by atoms with Crippen LogP contribution in [0.4, 0.5) is 0 Å². The van der Waals surface area contributed by atoms with E-state index >= 15 is 0 Å². The molecule has 1 fully saturated rings. The number of piperidine rings is 1. The van der Waals surface area contributed by atoms with Crippen molar-refractivity contribution in [2.75, 3.05) is 27.2 Å². The maximum Gasteiger partial charge on any atom is 0.00669 e. The van der Waals surface area contributed by atoms with Crippen LogP contribution in [-0.4, -0.2) is 38.1 Å². The lowest BCUT2D eigenvalue weighted by Crippen LogP contribution is -2.37. The third kappa shape index (κ3) is 10.2. The summed E-state index contributed by atoms with van der Waals surface area (Å²) >= 11 is 0. The molecule has 1 N–H and O–H groups in total. The van der Waals surface area contributed by atoms with Crippen molar-refractivity contribution in [1.82, 2.24) is 10.2 Å². The Morgan fingerprint density at radius 2 is 1.73 bits per heavy atom. The van der Waals surface area contributed by atoms with Crippen molar-refractivity contribution in [3.8, 4) is 0 Å². The van der Waals surface area contributed by atoms with E-state index in [2.05, 4.69) is 24.1 Å². The highest BCUT2D eigenvalue weighted by atomic mass is 15.1. The zero-order chi connectivity index (χ0) is 12.1. The SMILES string of the molecule is CC.CCCN1CCCCC1C.CNC. The quantitative estimate of drug-likeness (QED) is 0.763. The van der Waals surface area contributed by atoms with E-state index in [0.29, 0.717) is 0 Å². The summed E-state index contributed by atoms with van der Waals surface area (Å²) in [5.74, 6) is 0.